The predicted octanol–water partition coefficient (Wildman–Crippen LogP) is 2.37. The molecule has 0 aliphatic carbocycles. The fourth-order valence-electron chi connectivity index (χ4n) is 2.15. The van der Waals surface area contributed by atoms with Crippen molar-refractivity contribution in [1.82, 2.24) is 10.2 Å². The van der Waals surface area contributed by atoms with Crippen LogP contribution in [-0.4, -0.2) is 47.5 Å². The van der Waals surface area contributed by atoms with E-state index in [4.69, 9.17) is 0 Å². The second-order valence-corrected chi connectivity index (χ2v) is 7.83. The van der Waals surface area contributed by atoms with Crippen LogP contribution in [0.25, 0.3) is 0 Å². The number of carbonyl (C=O) groups excluding carboxylic acids is 1. The molecule has 18 heavy (non-hydrogen) atoms. The summed E-state index contributed by atoms with van der Waals surface area (Å²) in [5, 5.41) is 3.37. The highest BCUT2D eigenvalue weighted by Crippen LogP contribution is 2.23. The SMILES string of the molecule is CCN(CC1CCNCC1)C(=O)CSC(C)(C)C. The van der Waals surface area contributed by atoms with Gasteiger partial charge < -0.3 is 10.2 Å². The van der Waals surface area contributed by atoms with Gasteiger partial charge in [-0.2, -0.15) is 0 Å². The van der Waals surface area contributed by atoms with E-state index in [0.717, 1.165) is 26.2 Å². The maximum atomic E-state index is 12.2. The van der Waals surface area contributed by atoms with Crippen LogP contribution in [0, 0.1) is 5.92 Å². The predicted molar refractivity (Wildman–Crippen MR) is 80.1 cm³/mol. The molecule has 1 rings (SSSR count). The van der Waals surface area contributed by atoms with Crippen LogP contribution < -0.4 is 5.32 Å². The van der Waals surface area contributed by atoms with Crippen molar-refractivity contribution in [2.45, 2.75) is 45.3 Å². The van der Waals surface area contributed by atoms with Gasteiger partial charge in [0.1, 0.15) is 0 Å². The van der Waals surface area contributed by atoms with Gasteiger partial charge in [-0.25, -0.2) is 0 Å². The van der Waals surface area contributed by atoms with Crippen molar-refractivity contribution in [2.75, 3.05) is 31.9 Å². The van der Waals surface area contributed by atoms with Crippen molar-refractivity contribution in [3.05, 3.63) is 0 Å². The van der Waals surface area contributed by atoms with E-state index >= 15 is 0 Å². The summed E-state index contributed by atoms with van der Waals surface area (Å²) in [6.07, 6.45) is 2.41. The first-order valence-electron chi connectivity index (χ1n) is 7.05. The lowest BCUT2D eigenvalue weighted by Crippen LogP contribution is -2.40. The molecule has 1 aliphatic heterocycles. The third kappa shape index (κ3) is 6.10. The van der Waals surface area contributed by atoms with Crippen LogP contribution in [0.15, 0.2) is 0 Å². The topological polar surface area (TPSA) is 32.3 Å². The van der Waals surface area contributed by atoms with Crippen molar-refractivity contribution < 1.29 is 4.79 Å². The van der Waals surface area contributed by atoms with Gasteiger partial charge in [0.05, 0.1) is 5.75 Å². The average Bonchev–Trinajstić information content (AvgIpc) is 2.33. The Balaban J connectivity index is 2.36. The Bertz CT molecular complexity index is 257. The molecule has 0 aromatic heterocycles. The van der Waals surface area contributed by atoms with Crippen molar-refractivity contribution in [1.29, 1.82) is 0 Å². The number of piperidine rings is 1. The highest BCUT2D eigenvalue weighted by Gasteiger charge is 2.21. The molecule has 0 bridgehead atoms. The van der Waals surface area contributed by atoms with E-state index in [1.54, 1.807) is 11.8 Å². The normalized spacial score (nSPS) is 17.8. The summed E-state index contributed by atoms with van der Waals surface area (Å²) in [5.41, 5.74) is 0. The minimum Gasteiger partial charge on any atom is -0.342 e. The molecule has 1 saturated heterocycles. The Morgan fingerprint density at radius 1 is 1.33 bits per heavy atom. The molecule has 0 spiro atoms. The zero-order chi connectivity index (χ0) is 13.6. The van der Waals surface area contributed by atoms with E-state index in [0.29, 0.717) is 17.6 Å². The van der Waals surface area contributed by atoms with Gasteiger partial charge in [0.25, 0.3) is 0 Å². The summed E-state index contributed by atoms with van der Waals surface area (Å²) in [7, 11) is 0. The number of hydrogen-bond donors (Lipinski definition) is 1. The second-order valence-electron chi connectivity index (χ2n) is 6.03. The molecule has 1 fully saturated rings. The minimum atomic E-state index is 0.170. The molecule has 0 unspecified atom stereocenters. The van der Waals surface area contributed by atoms with Crippen molar-refractivity contribution >= 4 is 17.7 Å². The Morgan fingerprint density at radius 2 is 1.94 bits per heavy atom. The van der Waals surface area contributed by atoms with E-state index in [-0.39, 0.29) is 4.75 Å². The third-order valence-electron chi connectivity index (χ3n) is 3.30. The Kier molecular flexibility index (Phi) is 6.50. The van der Waals surface area contributed by atoms with E-state index in [2.05, 4.69) is 33.0 Å². The molecule has 0 aromatic carbocycles. The van der Waals surface area contributed by atoms with Crippen LogP contribution in [-0.2, 0) is 4.79 Å². The minimum absolute atomic E-state index is 0.170. The maximum absolute atomic E-state index is 12.2. The average molecular weight is 272 g/mol. The molecule has 1 N–H and O–H groups in total. The van der Waals surface area contributed by atoms with Crippen molar-refractivity contribution in [2.24, 2.45) is 5.92 Å². The second kappa shape index (κ2) is 7.39. The molecule has 0 atom stereocenters. The van der Waals surface area contributed by atoms with Gasteiger partial charge >= 0.3 is 0 Å². The number of thioether (sulfide) groups is 1. The van der Waals surface area contributed by atoms with Gasteiger partial charge in [0, 0.05) is 17.8 Å². The number of hydrogen-bond acceptors (Lipinski definition) is 3. The summed E-state index contributed by atoms with van der Waals surface area (Å²) >= 11 is 1.74. The van der Waals surface area contributed by atoms with Crippen LogP contribution in [0.2, 0.25) is 0 Å². The summed E-state index contributed by atoms with van der Waals surface area (Å²) in [6, 6.07) is 0. The number of nitrogens with zero attached hydrogens (tertiary/aromatic N) is 1. The Hall–Kier alpha value is -0.220. The Labute approximate surface area is 116 Å². The number of amides is 1. The highest BCUT2D eigenvalue weighted by atomic mass is 32.2. The van der Waals surface area contributed by atoms with Gasteiger partial charge in [-0.15, -0.1) is 11.8 Å². The fraction of sp³-hybridized carbons (Fsp3) is 0.929. The van der Waals surface area contributed by atoms with E-state index in [9.17, 15) is 4.79 Å². The van der Waals surface area contributed by atoms with Gasteiger partial charge in [0.2, 0.25) is 5.91 Å². The molecule has 4 heteroatoms. The molecule has 1 heterocycles. The number of rotatable bonds is 5. The highest BCUT2D eigenvalue weighted by molar-refractivity contribution is 8.01. The zero-order valence-corrected chi connectivity index (χ0v) is 13.1. The molecular formula is C14H28N2OS. The maximum Gasteiger partial charge on any atom is 0.232 e. The van der Waals surface area contributed by atoms with Crippen LogP contribution in [0.5, 0.6) is 0 Å². The standard InChI is InChI=1S/C14H28N2OS/c1-5-16(10-12-6-8-15-9-7-12)13(17)11-18-14(2,3)4/h12,15H,5-11H2,1-4H3. The van der Waals surface area contributed by atoms with E-state index in [1.807, 2.05) is 4.90 Å². The molecule has 0 aromatic rings. The smallest absolute Gasteiger partial charge is 0.232 e. The molecular weight excluding hydrogens is 244 g/mol. The first-order chi connectivity index (χ1) is 8.42. The molecule has 0 saturated carbocycles. The number of nitrogens with one attached hydrogen (secondary N) is 1. The van der Waals surface area contributed by atoms with E-state index < -0.39 is 0 Å². The summed E-state index contributed by atoms with van der Waals surface area (Å²) in [6.45, 7) is 12.6. The van der Waals surface area contributed by atoms with E-state index in [1.165, 1.54) is 12.8 Å². The largest absolute Gasteiger partial charge is 0.342 e. The molecule has 1 aliphatic rings. The van der Waals surface area contributed by atoms with Crippen LogP contribution in [0.4, 0.5) is 0 Å². The van der Waals surface area contributed by atoms with Gasteiger partial charge in [-0.05, 0) is 38.8 Å². The van der Waals surface area contributed by atoms with Crippen molar-refractivity contribution in [3.8, 4) is 0 Å². The zero-order valence-electron chi connectivity index (χ0n) is 12.3. The summed E-state index contributed by atoms with van der Waals surface area (Å²) in [5.74, 6) is 1.60. The first-order valence-corrected chi connectivity index (χ1v) is 8.03. The van der Waals surface area contributed by atoms with Crippen LogP contribution >= 0.6 is 11.8 Å². The molecule has 1 amide bonds. The molecule has 106 valence electrons. The summed E-state index contributed by atoms with van der Waals surface area (Å²) < 4.78 is 0.170. The van der Waals surface area contributed by atoms with Gasteiger partial charge in [-0.1, -0.05) is 20.8 Å². The quantitative estimate of drug-likeness (QED) is 0.834. The van der Waals surface area contributed by atoms with Crippen molar-refractivity contribution in [3.63, 3.8) is 0 Å². The molecule has 3 nitrogen and oxygen atoms in total. The lowest BCUT2D eigenvalue weighted by atomic mass is 9.97. The summed E-state index contributed by atoms with van der Waals surface area (Å²) in [4.78, 5) is 14.2. The fourth-order valence-corrected chi connectivity index (χ4v) is 2.89. The monoisotopic (exact) mass is 272 g/mol. The Morgan fingerprint density at radius 3 is 2.44 bits per heavy atom. The lowest BCUT2D eigenvalue weighted by Gasteiger charge is -2.30. The van der Waals surface area contributed by atoms with Gasteiger partial charge in [-0.3, -0.25) is 4.79 Å². The first kappa shape index (κ1) is 15.8. The third-order valence-corrected chi connectivity index (χ3v) is 4.56. The molecule has 0 radical (unpaired) electrons. The lowest BCUT2D eigenvalue weighted by molar-refractivity contribution is -0.128. The van der Waals surface area contributed by atoms with Crippen LogP contribution in [0.1, 0.15) is 40.5 Å². The van der Waals surface area contributed by atoms with Crippen LogP contribution in [0.3, 0.4) is 0 Å². The number of carbonyl (C=O) groups is 1. The van der Waals surface area contributed by atoms with Gasteiger partial charge in [0.15, 0.2) is 0 Å².